The van der Waals surface area contributed by atoms with Crippen LogP contribution in [0.1, 0.15) is 24.2 Å². The van der Waals surface area contributed by atoms with Crippen molar-refractivity contribution in [2.24, 2.45) is 0 Å². The van der Waals surface area contributed by atoms with Gasteiger partial charge in [0.25, 0.3) is 0 Å². The van der Waals surface area contributed by atoms with Crippen LogP contribution in [0.25, 0.3) is 0 Å². The second-order valence-electron chi connectivity index (χ2n) is 3.90. The molecule has 100 valence electrons. The minimum atomic E-state index is -3.07. The summed E-state index contributed by atoms with van der Waals surface area (Å²) >= 11 is 0. The number of rotatable bonds is 6. The van der Waals surface area contributed by atoms with Gasteiger partial charge >= 0.3 is 0 Å². The lowest BCUT2D eigenvalue weighted by Gasteiger charge is -2.10. The molecule has 0 aliphatic heterocycles. The first-order valence-corrected chi connectivity index (χ1v) is 7.41. The molecule has 0 atom stereocenters. The van der Waals surface area contributed by atoms with E-state index >= 15 is 0 Å². The maximum atomic E-state index is 11.4. The Balaban J connectivity index is 2.77. The molecule has 18 heavy (non-hydrogen) atoms. The maximum absolute atomic E-state index is 11.4. The summed E-state index contributed by atoms with van der Waals surface area (Å²) in [6.07, 6.45) is 0. The first-order chi connectivity index (χ1) is 8.35. The summed E-state index contributed by atoms with van der Waals surface area (Å²) in [6, 6.07) is 4.70. The Kier molecular flexibility index (Phi) is 4.72. The first kappa shape index (κ1) is 14.5. The fraction of sp³-hybridized carbons (Fsp3) is 0.417. The summed E-state index contributed by atoms with van der Waals surface area (Å²) in [5, 5.41) is 0. The van der Waals surface area contributed by atoms with Gasteiger partial charge in [0.1, 0.15) is 12.4 Å². The van der Waals surface area contributed by atoms with Gasteiger partial charge in [0.2, 0.25) is 0 Å². The third kappa shape index (κ3) is 4.03. The predicted molar refractivity (Wildman–Crippen MR) is 70.7 cm³/mol. The summed E-state index contributed by atoms with van der Waals surface area (Å²) in [7, 11) is -3.07. The molecule has 0 fully saturated rings. The van der Waals surface area contributed by atoms with Crippen LogP contribution in [0.5, 0.6) is 5.75 Å². The molecule has 0 saturated carbocycles. The lowest BCUT2D eigenvalue weighted by molar-refractivity contribution is 0.101. The van der Waals surface area contributed by atoms with E-state index in [2.05, 4.69) is 0 Å². The third-order valence-electron chi connectivity index (χ3n) is 2.47. The Morgan fingerprint density at radius 3 is 2.61 bits per heavy atom. The number of sulfone groups is 1. The highest BCUT2D eigenvalue weighted by molar-refractivity contribution is 7.91. The molecule has 0 aromatic heterocycles. The molecule has 2 N–H and O–H groups in total. The van der Waals surface area contributed by atoms with Crippen LogP contribution in [-0.2, 0) is 9.84 Å². The quantitative estimate of drug-likeness (QED) is 0.622. The Labute approximate surface area is 107 Å². The molecule has 0 heterocycles. The zero-order chi connectivity index (χ0) is 13.8. The van der Waals surface area contributed by atoms with Gasteiger partial charge in [-0.25, -0.2) is 8.42 Å². The van der Waals surface area contributed by atoms with Crippen LogP contribution in [0.3, 0.4) is 0 Å². The molecule has 0 amide bonds. The third-order valence-corrected chi connectivity index (χ3v) is 4.14. The fourth-order valence-electron chi connectivity index (χ4n) is 1.37. The summed E-state index contributed by atoms with van der Waals surface area (Å²) in [6.45, 7) is 3.02. The monoisotopic (exact) mass is 271 g/mol. The van der Waals surface area contributed by atoms with E-state index < -0.39 is 9.84 Å². The Bertz CT molecular complexity index is 537. The number of hydrogen-bond acceptors (Lipinski definition) is 5. The summed E-state index contributed by atoms with van der Waals surface area (Å²) in [4.78, 5) is 11.4. The lowest BCUT2D eigenvalue weighted by Crippen LogP contribution is -2.16. The van der Waals surface area contributed by atoms with Crippen molar-refractivity contribution in [1.29, 1.82) is 0 Å². The Hall–Kier alpha value is -1.56. The number of ketones is 1. The number of benzene rings is 1. The fourth-order valence-corrected chi connectivity index (χ4v) is 2.00. The molecular weight excluding hydrogens is 254 g/mol. The second kappa shape index (κ2) is 5.86. The number of carbonyl (C=O) groups is 1. The highest BCUT2D eigenvalue weighted by atomic mass is 32.2. The average molecular weight is 271 g/mol. The van der Waals surface area contributed by atoms with Crippen LogP contribution in [0.2, 0.25) is 0 Å². The van der Waals surface area contributed by atoms with E-state index in [1.807, 2.05) is 0 Å². The van der Waals surface area contributed by atoms with Gasteiger partial charge in [-0.2, -0.15) is 0 Å². The minimum absolute atomic E-state index is 0.0281. The molecule has 0 aliphatic carbocycles. The molecule has 0 spiro atoms. The van der Waals surface area contributed by atoms with E-state index in [9.17, 15) is 13.2 Å². The minimum Gasteiger partial charge on any atom is -0.492 e. The van der Waals surface area contributed by atoms with E-state index in [0.29, 0.717) is 17.0 Å². The molecule has 1 rings (SSSR count). The SMILES string of the molecule is CCS(=O)(=O)CCOc1ccc(N)cc1C(C)=O. The zero-order valence-electron chi connectivity index (χ0n) is 10.5. The number of Topliss-reactive ketones (excluding diaryl/α,β-unsaturated/α-hetero) is 1. The van der Waals surface area contributed by atoms with Gasteiger partial charge in [-0.05, 0) is 25.1 Å². The van der Waals surface area contributed by atoms with E-state index in [1.165, 1.54) is 13.0 Å². The van der Waals surface area contributed by atoms with Crippen LogP contribution in [0.4, 0.5) is 5.69 Å². The van der Waals surface area contributed by atoms with Gasteiger partial charge in [-0.3, -0.25) is 4.79 Å². The number of carbonyl (C=O) groups excluding carboxylic acids is 1. The van der Waals surface area contributed by atoms with Crippen LogP contribution in [0.15, 0.2) is 18.2 Å². The lowest BCUT2D eigenvalue weighted by atomic mass is 10.1. The average Bonchev–Trinajstić information content (AvgIpc) is 2.30. The van der Waals surface area contributed by atoms with Gasteiger partial charge in [-0.15, -0.1) is 0 Å². The van der Waals surface area contributed by atoms with Crippen LogP contribution in [-0.4, -0.2) is 32.3 Å². The van der Waals surface area contributed by atoms with Crippen LogP contribution < -0.4 is 10.5 Å². The second-order valence-corrected chi connectivity index (χ2v) is 6.37. The topological polar surface area (TPSA) is 86.5 Å². The van der Waals surface area contributed by atoms with Crippen LogP contribution >= 0.6 is 0 Å². The summed E-state index contributed by atoms with van der Waals surface area (Å²) in [5.74, 6) is 0.210. The van der Waals surface area contributed by atoms with Gasteiger partial charge in [0.05, 0.1) is 11.3 Å². The number of hydrogen-bond donors (Lipinski definition) is 1. The van der Waals surface area contributed by atoms with Crippen molar-refractivity contribution in [3.05, 3.63) is 23.8 Å². The highest BCUT2D eigenvalue weighted by Crippen LogP contribution is 2.21. The molecule has 1 aromatic carbocycles. The zero-order valence-corrected chi connectivity index (χ0v) is 11.3. The number of nitrogen functional groups attached to an aromatic ring is 1. The smallest absolute Gasteiger partial charge is 0.163 e. The van der Waals surface area contributed by atoms with E-state index in [-0.39, 0.29) is 23.9 Å². The number of ether oxygens (including phenoxy) is 1. The van der Waals surface area contributed by atoms with Crippen molar-refractivity contribution < 1.29 is 17.9 Å². The van der Waals surface area contributed by atoms with Gasteiger partial charge in [0, 0.05) is 11.4 Å². The Morgan fingerprint density at radius 1 is 1.39 bits per heavy atom. The van der Waals surface area contributed by atoms with Crippen molar-refractivity contribution in [2.45, 2.75) is 13.8 Å². The standard InChI is InChI=1S/C12H17NO4S/c1-3-18(15,16)7-6-17-12-5-4-10(13)8-11(12)9(2)14/h4-5,8H,3,6-7,13H2,1-2H3. The van der Waals surface area contributed by atoms with Crippen molar-refractivity contribution >= 4 is 21.3 Å². The molecule has 0 saturated heterocycles. The molecule has 0 radical (unpaired) electrons. The van der Waals surface area contributed by atoms with Crippen molar-refractivity contribution in [2.75, 3.05) is 23.8 Å². The van der Waals surface area contributed by atoms with Crippen molar-refractivity contribution in [3.8, 4) is 5.75 Å². The van der Waals surface area contributed by atoms with Crippen molar-refractivity contribution in [3.63, 3.8) is 0 Å². The molecule has 0 unspecified atom stereocenters. The maximum Gasteiger partial charge on any atom is 0.163 e. The first-order valence-electron chi connectivity index (χ1n) is 5.59. The van der Waals surface area contributed by atoms with E-state index in [1.54, 1.807) is 19.1 Å². The summed E-state index contributed by atoms with van der Waals surface area (Å²) < 4.78 is 27.9. The highest BCUT2D eigenvalue weighted by Gasteiger charge is 2.11. The van der Waals surface area contributed by atoms with Crippen LogP contribution in [0, 0.1) is 0 Å². The molecule has 0 bridgehead atoms. The normalized spacial score (nSPS) is 11.2. The molecule has 6 heteroatoms. The molecule has 0 aliphatic rings. The Morgan fingerprint density at radius 2 is 2.06 bits per heavy atom. The molecule has 5 nitrogen and oxygen atoms in total. The number of anilines is 1. The van der Waals surface area contributed by atoms with E-state index in [0.717, 1.165) is 0 Å². The molecule has 1 aromatic rings. The van der Waals surface area contributed by atoms with Crippen molar-refractivity contribution in [1.82, 2.24) is 0 Å². The van der Waals surface area contributed by atoms with Gasteiger partial charge < -0.3 is 10.5 Å². The summed E-state index contributed by atoms with van der Waals surface area (Å²) in [5.41, 5.74) is 6.41. The molecular formula is C12H17NO4S. The number of nitrogens with two attached hydrogens (primary N) is 1. The van der Waals surface area contributed by atoms with E-state index in [4.69, 9.17) is 10.5 Å². The van der Waals surface area contributed by atoms with Gasteiger partial charge in [-0.1, -0.05) is 6.92 Å². The largest absolute Gasteiger partial charge is 0.492 e. The van der Waals surface area contributed by atoms with Gasteiger partial charge in [0.15, 0.2) is 15.6 Å². The predicted octanol–water partition coefficient (Wildman–Crippen LogP) is 1.28.